The number of rotatable bonds is 10. The summed E-state index contributed by atoms with van der Waals surface area (Å²) in [5, 5.41) is 0. The Morgan fingerprint density at radius 3 is 1.12 bits per heavy atom. The van der Waals surface area contributed by atoms with Gasteiger partial charge in [-0.25, -0.2) is 0 Å². The molecule has 0 amide bonds. The molecule has 0 saturated carbocycles. The number of para-hydroxylation sites is 4. The lowest BCUT2D eigenvalue weighted by Crippen LogP contribution is -2.08. The first-order valence-electron chi connectivity index (χ1n) is 13.3. The van der Waals surface area contributed by atoms with Gasteiger partial charge in [0.1, 0.15) is 28.7 Å². The van der Waals surface area contributed by atoms with Gasteiger partial charge < -0.3 is 22.6 Å². The largest absolute Gasteiger partial charge is 0.459 e. The third-order valence-corrected chi connectivity index (χ3v) is 14.8. The van der Waals surface area contributed by atoms with Gasteiger partial charge in [-0.1, -0.05) is 95.0 Å². The second kappa shape index (κ2) is 12.8. The number of hydrogen-bond donors (Lipinski definition) is 0. The van der Waals surface area contributed by atoms with Crippen LogP contribution in [0.15, 0.2) is 159 Å². The van der Waals surface area contributed by atoms with Crippen LogP contribution in [0, 0.1) is 6.92 Å². The van der Waals surface area contributed by atoms with Crippen molar-refractivity contribution in [2.75, 3.05) is 0 Å². The van der Waals surface area contributed by atoms with Crippen molar-refractivity contribution in [2.45, 2.75) is 6.92 Å². The summed E-state index contributed by atoms with van der Waals surface area (Å²) in [4.78, 5) is 0. The van der Waals surface area contributed by atoms with E-state index < -0.39 is 22.1 Å². The van der Waals surface area contributed by atoms with Gasteiger partial charge in [0.25, 0.3) is 0 Å². The molecule has 43 heavy (non-hydrogen) atoms. The molecule has 5 aromatic carbocycles. The highest BCUT2D eigenvalue weighted by Crippen LogP contribution is 2.80. The third-order valence-electron chi connectivity index (χ3n) is 5.79. The Hall–Kier alpha value is -3.92. The van der Waals surface area contributed by atoms with Gasteiger partial charge in [-0.2, -0.15) is 0 Å². The van der Waals surface area contributed by atoms with Crippen LogP contribution in [0.5, 0.6) is 28.7 Å². The van der Waals surface area contributed by atoms with Gasteiger partial charge in [0.05, 0.1) is 0 Å². The second-order valence-corrected chi connectivity index (χ2v) is 16.5. The van der Waals surface area contributed by atoms with Crippen molar-refractivity contribution >= 4 is 33.3 Å². The molecule has 2 unspecified atom stereocenters. The molecule has 0 spiro atoms. The standard InChI is InChI=1S/C31H27ClN3O5P3/c1-26-22-24-31(25-23-26)40-43(39-30-20-12-5-13-21-30)34-41(32,36-27-14-6-2-7-15-27)33-42(35-43,37-28-16-8-3-9-17-28)38-29-18-10-4-11-19-29/h2-25H,1H3. The van der Waals surface area contributed by atoms with E-state index in [-0.39, 0.29) is 0 Å². The number of aryl methyl sites for hydroxylation is 1. The summed E-state index contributed by atoms with van der Waals surface area (Å²) in [7, 11) is -7.50. The molecule has 0 fully saturated rings. The van der Waals surface area contributed by atoms with Crippen LogP contribution in [0.2, 0.25) is 0 Å². The van der Waals surface area contributed by atoms with Crippen molar-refractivity contribution in [1.82, 2.24) is 0 Å². The molecule has 0 aromatic heterocycles. The van der Waals surface area contributed by atoms with E-state index in [1.165, 1.54) is 0 Å². The first-order valence-corrected chi connectivity index (χ1v) is 18.8. The minimum Gasteiger partial charge on any atom is -0.431 e. The van der Waals surface area contributed by atoms with E-state index in [2.05, 4.69) is 0 Å². The maximum atomic E-state index is 7.30. The maximum Gasteiger partial charge on any atom is 0.459 e. The predicted molar refractivity (Wildman–Crippen MR) is 174 cm³/mol. The van der Waals surface area contributed by atoms with E-state index in [9.17, 15) is 0 Å². The van der Waals surface area contributed by atoms with Crippen molar-refractivity contribution in [1.29, 1.82) is 0 Å². The Morgan fingerprint density at radius 2 is 0.721 bits per heavy atom. The van der Waals surface area contributed by atoms with E-state index in [0.29, 0.717) is 28.7 Å². The van der Waals surface area contributed by atoms with E-state index in [4.69, 9.17) is 47.4 Å². The molecule has 0 saturated heterocycles. The summed E-state index contributed by atoms with van der Waals surface area (Å²) in [5.41, 5.74) is 1.06. The Bertz CT molecular complexity index is 1800. The van der Waals surface area contributed by atoms with Crippen LogP contribution in [0.25, 0.3) is 0 Å². The predicted octanol–water partition coefficient (Wildman–Crippen LogP) is 11.8. The van der Waals surface area contributed by atoms with Crippen LogP contribution in [-0.4, -0.2) is 0 Å². The molecule has 6 rings (SSSR count). The van der Waals surface area contributed by atoms with Gasteiger partial charge in [-0.3, -0.25) is 0 Å². The first kappa shape index (κ1) is 29.2. The van der Waals surface area contributed by atoms with E-state index in [0.717, 1.165) is 5.56 Å². The monoisotopic (exact) mass is 649 g/mol. The minimum absolute atomic E-state index is 0.464. The van der Waals surface area contributed by atoms with Crippen molar-refractivity contribution in [2.24, 2.45) is 13.5 Å². The summed E-state index contributed by atoms with van der Waals surface area (Å²) in [6, 6.07) is 44.1. The van der Waals surface area contributed by atoms with Gasteiger partial charge in [0.2, 0.25) is 0 Å². The van der Waals surface area contributed by atoms with Crippen molar-refractivity contribution in [3.63, 3.8) is 0 Å². The summed E-state index contributed by atoms with van der Waals surface area (Å²) in [6.45, 7) is -1.67. The van der Waals surface area contributed by atoms with Crippen LogP contribution >= 0.6 is 33.3 Å². The normalized spacial score (nSPS) is 20.3. The molecule has 5 aromatic rings. The zero-order valence-electron chi connectivity index (χ0n) is 23.0. The molecule has 1 aliphatic rings. The van der Waals surface area contributed by atoms with Crippen LogP contribution in [0.4, 0.5) is 0 Å². The van der Waals surface area contributed by atoms with Crippen molar-refractivity contribution in [3.8, 4) is 28.7 Å². The molecular formula is C31H27ClN3O5P3. The zero-order valence-corrected chi connectivity index (χ0v) is 26.4. The van der Waals surface area contributed by atoms with E-state index >= 15 is 0 Å². The Balaban J connectivity index is 1.61. The molecule has 0 bridgehead atoms. The van der Waals surface area contributed by atoms with Crippen LogP contribution in [0.3, 0.4) is 0 Å². The smallest absolute Gasteiger partial charge is 0.431 e. The molecule has 0 radical (unpaired) electrons. The first-order chi connectivity index (χ1) is 20.9. The molecular weight excluding hydrogens is 623 g/mol. The molecule has 12 heteroatoms. The molecule has 1 aliphatic heterocycles. The lowest BCUT2D eigenvalue weighted by molar-refractivity contribution is 0.458. The highest BCUT2D eigenvalue weighted by atomic mass is 35.7. The fourth-order valence-corrected chi connectivity index (χ4v) is 14.0. The molecule has 8 nitrogen and oxygen atoms in total. The van der Waals surface area contributed by atoms with Crippen LogP contribution in [-0.2, 0) is 0 Å². The summed E-state index contributed by atoms with van der Waals surface area (Å²) >= 11 is 7.30. The minimum atomic E-state index is -3.76. The third kappa shape index (κ3) is 7.54. The highest BCUT2D eigenvalue weighted by molar-refractivity contribution is 7.94. The summed E-state index contributed by atoms with van der Waals surface area (Å²) in [5.74, 6) is 2.35. The lowest BCUT2D eigenvalue weighted by atomic mass is 10.2. The lowest BCUT2D eigenvalue weighted by Gasteiger charge is -2.31. The van der Waals surface area contributed by atoms with Gasteiger partial charge >= 0.3 is 22.1 Å². The average Bonchev–Trinajstić information content (AvgIpc) is 3.00. The molecule has 218 valence electrons. The fourth-order valence-electron chi connectivity index (χ4n) is 3.90. The quantitative estimate of drug-likeness (QED) is 0.141. The molecule has 1 heterocycles. The second-order valence-electron chi connectivity index (χ2n) is 9.24. The molecule has 2 atom stereocenters. The number of nitrogens with zero attached hydrogens (tertiary/aromatic N) is 3. The number of benzene rings is 5. The Labute approximate surface area is 255 Å². The van der Waals surface area contributed by atoms with E-state index in [1.807, 2.05) is 104 Å². The highest BCUT2D eigenvalue weighted by Gasteiger charge is 2.46. The van der Waals surface area contributed by atoms with E-state index in [1.54, 1.807) is 48.5 Å². The Kier molecular flexibility index (Phi) is 8.65. The molecule has 0 N–H and O–H groups in total. The van der Waals surface area contributed by atoms with Crippen molar-refractivity contribution < 1.29 is 22.6 Å². The topological polar surface area (TPSA) is 83.2 Å². The molecule has 0 aliphatic carbocycles. The van der Waals surface area contributed by atoms with Gasteiger partial charge in [0, 0.05) is 0 Å². The summed E-state index contributed by atoms with van der Waals surface area (Å²) < 4.78 is 47.4. The van der Waals surface area contributed by atoms with Crippen LogP contribution in [0.1, 0.15) is 5.56 Å². The number of hydrogen-bond acceptors (Lipinski definition) is 8. The van der Waals surface area contributed by atoms with Gasteiger partial charge in [0.15, 0.2) is 0 Å². The fraction of sp³-hybridized carbons (Fsp3) is 0.0323. The maximum absolute atomic E-state index is 7.30. The SMILES string of the molecule is Cc1ccc(OP2(Oc3ccccc3)=NP(Cl)(Oc3ccccc3)=NP(Oc3ccccc3)(Oc3ccccc3)=N2)cc1. The summed E-state index contributed by atoms with van der Waals surface area (Å²) in [6.07, 6.45) is 0. The number of halogens is 1. The average molecular weight is 650 g/mol. The van der Waals surface area contributed by atoms with Gasteiger partial charge in [-0.15, -0.1) is 9.03 Å². The Morgan fingerprint density at radius 1 is 0.395 bits per heavy atom. The zero-order chi connectivity index (χ0) is 29.6. The van der Waals surface area contributed by atoms with Crippen molar-refractivity contribution in [3.05, 3.63) is 151 Å². The van der Waals surface area contributed by atoms with Gasteiger partial charge in [-0.05, 0) is 78.8 Å². The van der Waals surface area contributed by atoms with Crippen LogP contribution < -0.4 is 22.6 Å².